The molecule has 0 fully saturated rings. The summed E-state index contributed by atoms with van der Waals surface area (Å²) in [5.74, 6) is -0.894. The van der Waals surface area contributed by atoms with E-state index in [1.54, 1.807) is 6.07 Å². The van der Waals surface area contributed by atoms with Crippen molar-refractivity contribution in [3.63, 3.8) is 0 Å². The number of hydrogen-bond donors (Lipinski definition) is 2. The van der Waals surface area contributed by atoms with Gasteiger partial charge in [0.2, 0.25) is 5.91 Å². The minimum atomic E-state index is -1.00. The molecule has 0 aliphatic carbocycles. The summed E-state index contributed by atoms with van der Waals surface area (Å²) in [5.41, 5.74) is 0. The number of furan rings is 1. The number of rotatable bonds is 4. The molecule has 0 aliphatic heterocycles. The van der Waals surface area contributed by atoms with Crippen LogP contribution in [-0.4, -0.2) is 17.0 Å². The summed E-state index contributed by atoms with van der Waals surface area (Å²) >= 11 is 3.21. The number of nitrogens with one attached hydrogen (secondary N) is 1. The highest BCUT2D eigenvalue weighted by molar-refractivity contribution is 9.10. The van der Waals surface area contributed by atoms with Crippen molar-refractivity contribution in [2.75, 3.05) is 0 Å². The van der Waals surface area contributed by atoms with Gasteiger partial charge in [-0.1, -0.05) is 0 Å². The standard InChI is InChI=1S/C9H10BrNO4/c1-5(12)11-7(4-8(13)14)9-6(10)2-3-15-9/h2-3,7H,4H2,1H3,(H,11,12)(H,13,14)/t7-/m1/s1. The Labute approximate surface area is 94.6 Å². The van der Waals surface area contributed by atoms with Crippen LogP contribution in [0.25, 0.3) is 0 Å². The third kappa shape index (κ3) is 3.39. The maximum Gasteiger partial charge on any atom is 0.305 e. The van der Waals surface area contributed by atoms with Crippen LogP contribution < -0.4 is 5.32 Å². The van der Waals surface area contributed by atoms with Gasteiger partial charge in [-0.05, 0) is 22.0 Å². The molecule has 0 bridgehead atoms. The Morgan fingerprint density at radius 1 is 1.67 bits per heavy atom. The maximum atomic E-state index is 10.9. The molecule has 82 valence electrons. The number of aliphatic carboxylic acids is 1. The van der Waals surface area contributed by atoms with E-state index in [2.05, 4.69) is 21.2 Å². The fourth-order valence-electron chi connectivity index (χ4n) is 1.18. The molecule has 0 radical (unpaired) electrons. The number of amides is 1. The molecule has 0 spiro atoms. The summed E-state index contributed by atoms with van der Waals surface area (Å²) in [4.78, 5) is 21.5. The van der Waals surface area contributed by atoms with Crippen molar-refractivity contribution in [3.05, 3.63) is 22.6 Å². The number of carboxylic acids is 1. The molecule has 0 saturated heterocycles. The molecule has 5 nitrogen and oxygen atoms in total. The van der Waals surface area contributed by atoms with Gasteiger partial charge in [-0.2, -0.15) is 0 Å². The van der Waals surface area contributed by atoms with E-state index in [1.807, 2.05) is 0 Å². The van der Waals surface area contributed by atoms with Gasteiger partial charge in [-0.25, -0.2) is 0 Å². The van der Waals surface area contributed by atoms with Crippen LogP contribution in [0.2, 0.25) is 0 Å². The molecule has 15 heavy (non-hydrogen) atoms. The molecule has 1 aromatic rings. The van der Waals surface area contributed by atoms with Crippen LogP contribution in [0.15, 0.2) is 21.2 Å². The van der Waals surface area contributed by atoms with Crippen molar-refractivity contribution in [3.8, 4) is 0 Å². The van der Waals surface area contributed by atoms with Gasteiger partial charge >= 0.3 is 5.97 Å². The van der Waals surface area contributed by atoms with E-state index < -0.39 is 12.0 Å². The van der Waals surface area contributed by atoms with Crippen LogP contribution >= 0.6 is 15.9 Å². The van der Waals surface area contributed by atoms with Gasteiger partial charge in [-0.15, -0.1) is 0 Å². The second kappa shape index (κ2) is 4.97. The lowest BCUT2D eigenvalue weighted by Crippen LogP contribution is -2.27. The Morgan fingerprint density at radius 2 is 2.33 bits per heavy atom. The molecule has 2 N–H and O–H groups in total. The van der Waals surface area contributed by atoms with Gasteiger partial charge in [0.1, 0.15) is 5.76 Å². The number of hydrogen-bond acceptors (Lipinski definition) is 3. The van der Waals surface area contributed by atoms with Gasteiger partial charge in [0, 0.05) is 6.92 Å². The van der Waals surface area contributed by atoms with E-state index in [9.17, 15) is 9.59 Å². The predicted octanol–water partition coefficient (Wildman–Crippen LogP) is 1.69. The second-order valence-electron chi connectivity index (χ2n) is 2.98. The lowest BCUT2D eigenvalue weighted by molar-refractivity contribution is -0.137. The maximum absolute atomic E-state index is 10.9. The first-order valence-electron chi connectivity index (χ1n) is 4.22. The summed E-state index contributed by atoms with van der Waals surface area (Å²) in [6.07, 6.45) is 1.21. The topological polar surface area (TPSA) is 79.5 Å². The molecule has 0 aromatic carbocycles. The zero-order valence-corrected chi connectivity index (χ0v) is 9.58. The predicted molar refractivity (Wildman–Crippen MR) is 55.2 cm³/mol. The SMILES string of the molecule is CC(=O)N[C@H](CC(=O)O)c1occc1Br. The average molecular weight is 276 g/mol. The van der Waals surface area contributed by atoms with E-state index in [0.29, 0.717) is 10.2 Å². The quantitative estimate of drug-likeness (QED) is 0.877. The van der Waals surface area contributed by atoms with Crippen molar-refractivity contribution in [1.82, 2.24) is 5.32 Å². The minimum Gasteiger partial charge on any atom is -0.481 e. The molecule has 1 amide bonds. The van der Waals surface area contributed by atoms with E-state index in [-0.39, 0.29) is 12.3 Å². The van der Waals surface area contributed by atoms with Crippen LogP contribution in [0.1, 0.15) is 25.1 Å². The Kier molecular flexibility index (Phi) is 3.90. The van der Waals surface area contributed by atoms with Crippen LogP contribution in [0.4, 0.5) is 0 Å². The van der Waals surface area contributed by atoms with Crippen molar-refractivity contribution < 1.29 is 19.1 Å². The highest BCUT2D eigenvalue weighted by Crippen LogP contribution is 2.26. The second-order valence-corrected chi connectivity index (χ2v) is 3.84. The molecule has 1 rings (SSSR count). The van der Waals surface area contributed by atoms with Crippen molar-refractivity contribution in [2.24, 2.45) is 0 Å². The highest BCUT2D eigenvalue weighted by Gasteiger charge is 2.21. The van der Waals surface area contributed by atoms with Crippen LogP contribution in [0, 0.1) is 0 Å². The highest BCUT2D eigenvalue weighted by atomic mass is 79.9. The zero-order valence-electron chi connectivity index (χ0n) is 7.99. The van der Waals surface area contributed by atoms with Crippen molar-refractivity contribution in [1.29, 1.82) is 0 Å². The van der Waals surface area contributed by atoms with Crippen LogP contribution in [0.5, 0.6) is 0 Å². The number of carboxylic acid groups (broad SMARTS) is 1. The minimum absolute atomic E-state index is 0.217. The summed E-state index contributed by atoms with van der Waals surface area (Å²) in [5, 5.41) is 11.2. The lowest BCUT2D eigenvalue weighted by Gasteiger charge is -2.13. The summed E-state index contributed by atoms with van der Waals surface area (Å²) in [6.45, 7) is 1.33. The molecule has 0 unspecified atom stereocenters. The third-order valence-electron chi connectivity index (χ3n) is 1.72. The van der Waals surface area contributed by atoms with E-state index in [0.717, 1.165) is 0 Å². The third-order valence-corrected chi connectivity index (χ3v) is 2.37. The molecule has 1 atom stereocenters. The Morgan fingerprint density at radius 3 is 2.73 bits per heavy atom. The smallest absolute Gasteiger partial charge is 0.305 e. The van der Waals surface area contributed by atoms with Gasteiger partial charge in [0.05, 0.1) is 23.2 Å². The first-order valence-corrected chi connectivity index (χ1v) is 5.01. The van der Waals surface area contributed by atoms with Crippen LogP contribution in [-0.2, 0) is 9.59 Å². The lowest BCUT2D eigenvalue weighted by atomic mass is 10.1. The number of carbonyl (C=O) groups is 2. The van der Waals surface area contributed by atoms with E-state index >= 15 is 0 Å². The van der Waals surface area contributed by atoms with Crippen LogP contribution in [0.3, 0.4) is 0 Å². The van der Waals surface area contributed by atoms with Crippen molar-refractivity contribution in [2.45, 2.75) is 19.4 Å². The molecule has 0 saturated carbocycles. The molecule has 1 aromatic heterocycles. The molecular formula is C9H10BrNO4. The van der Waals surface area contributed by atoms with Crippen molar-refractivity contribution >= 4 is 27.8 Å². The monoisotopic (exact) mass is 275 g/mol. The zero-order chi connectivity index (χ0) is 11.4. The normalized spacial score (nSPS) is 12.1. The molecule has 1 heterocycles. The molecule has 6 heteroatoms. The van der Waals surface area contributed by atoms with E-state index in [1.165, 1.54) is 13.2 Å². The van der Waals surface area contributed by atoms with Gasteiger partial charge < -0.3 is 14.8 Å². The van der Waals surface area contributed by atoms with Gasteiger partial charge in [0.15, 0.2) is 0 Å². The fourth-order valence-corrected chi connectivity index (χ4v) is 1.66. The van der Waals surface area contributed by atoms with Gasteiger partial charge in [-0.3, -0.25) is 9.59 Å². The Bertz CT molecular complexity index is 358. The Balaban J connectivity index is 2.85. The summed E-state index contributed by atoms with van der Waals surface area (Å²) in [6, 6.07) is 0.996. The average Bonchev–Trinajstić information content (AvgIpc) is 2.48. The Hall–Kier alpha value is -1.30. The number of carbonyl (C=O) groups excluding carboxylic acids is 1. The van der Waals surface area contributed by atoms with Gasteiger partial charge in [0.25, 0.3) is 0 Å². The largest absolute Gasteiger partial charge is 0.481 e. The fraction of sp³-hybridized carbons (Fsp3) is 0.333. The number of halogens is 1. The summed E-state index contributed by atoms with van der Waals surface area (Å²) in [7, 11) is 0. The summed E-state index contributed by atoms with van der Waals surface area (Å²) < 4.78 is 5.74. The van der Waals surface area contributed by atoms with E-state index in [4.69, 9.17) is 9.52 Å². The molecule has 0 aliphatic rings. The molecular weight excluding hydrogens is 266 g/mol. The first kappa shape index (κ1) is 11.8. The first-order chi connectivity index (χ1) is 7.00.